The number of aromatic nitrogens is 1. The Morgan fingerprint density at radius 2 is 1.88 bits per heavy atom. The van der Waals surface area contributed by atoms with Crippen LogP contribution in [-0.2, 0) is 0 Å². The lowest BCUT2D eigenvalue weighted by Crippen LogP contribution is -1.94. The quantitative estimate of drug-likeness (QED) is 0.846. The van der Waals surface area contributed by atoms with E-state index in [0.29, 0.717) is 0 Å². The van der Waals surface area contributed by atoms with Gasteiger partial charge in [0.15, 0.2) is 0 Å². The summed E-state index contributed by atoms with van der Waals surface area (Å²) in [4.78, 5) is 4.14. The molecule has 0 atom stereocenters. The van der Waals surface area contributed by atoms with Gasteiger partial charge in [0.1, 0.15) is 5.75 Å². The molecule has 0 aliphatic rings. The molecule has 88 valence electrons. The molecule has 0 amide bonds. The number of hydrogen-bond donors (Lipinski definition) is 2. The number of ether oxygens (including phenoxy) is 1. The van der Waals surface area contributed by atoms with Crippen molar-refractivity contribution in [2.75, 3.05) is 24.8 Å². The zero-order chi connectivity index (χ0) is 12.1. The summed E-state index contributed by atoms with van der Waals surface area (Å²) in [6, 6.07) is 9.76. The fraction of sp³-hybridized carbons (Fsp3) is 0.154. The number of pyridine rings is 1. The van der Waals surface area contributed by atoms with E-state index >= 15 is 0 Å². The van der Waals surface area contributed by atoms with Gasteiger partial charge < -0.3 is 15.4 Å². The average molecular weight is 229 g/mol. The Kier molecular flexibility index (Phi) is 3.45. The second-order valence-electron chi connectivity index (χ2n) is 3.57. The molecule has 0 bridgehead atoms. The number of hydrogen-bond acceptors (Lipinski definition) is 4. The smallest absolute Gasteiger partial charge is 0.120 e. The molecule has 0 saturated heterocycles. The fourth-order valence-electron chi connectivity index (χ4n) is 1.51. The van der Waals surface area contributed by atoms with Crippen LogP contribution in [0.3, 0.4) is 0 Å². The minimum absolute atomic E-state index is 0.827. The van der Waals surface area contributed by atoms with Crippen molar-refractivity contribution in [1.82, 2.24) is 4.98 Å². The van der Waals surface area contributed by atoms with E-state index in [0.717, 1.165) is 22.8 Å². The van der Waals surface area contributed by atoms with E-state index in [2.05, 4.69) is 15.6 Å². The first-order chi connectivity index (χ1) is 8.31. The van der Waals surface area contributed by atoms with Gasteiger partial charge in [0.25, 0.3) is 0 Å². The summed E-state index contributed by atoms with van der Waals surface area (Å²) in [6.07, 6.45) is 3.55. The zero-order valence-corrected chi connectivity index (χ0v) is 9.90. The number of benzene rings is 1. The van der Waals surface area contributed by atoms with Crippen molar-refractivity contribution in [3.05, 3.63) is 42.7 Å². The van der Waals surface area contributed by atoms with Gasteiger partial charge >= 0.3 is 0 Å². The molecule has 0 fully saturated rings. The Bertz CT molecular complexity index is 454. The van der Waals surface area contributed by atoms with Crippen molar-refractivity contribution in [2.24, 2.45) is 0 Å². The molecule has 4 heteroatoms. The standard InChI is InChI=1S/C13H15N3O/c1-14-11-6-12(9-15-8-11)16-10-4-3-5-13(7-10)17-2/h3-9,14,16H,1-2H3. The van der Waals surface area contributed by atoms with Crippen LogP contribution < -0.4 is 15.4 Å². The van der Waals surface area contributed by atoms with Gasteiger partial charge in [-0.2, -0.15) is 0 Å². The first kappa shape index (κ1) is 11.3. The van der Waals surface area contributed by atoms with Gasteiger partial charge in [-0.05, 0) is 18.2 Å². The van der Waals surface area contributed by atoms with E-state index in [-0.39, 0.29) is 0 Å². The normalized spacial score (nSPS) is 9.76. The maximum atomic E-state index is 5.17. The molecule has 0 unspecified atom stereocenters. The third-order valence-electron chi connectivity index (χ3n) is 2.39. The monoisotopic (exact) mass is 229 g/mol. The van der Waals surface area contributed by atoms with Crippen LogP contribution in [0, 0.1) is 0 Å². The maximum absolute atomic E-state index is 5.17. The highest BCUT2D eigenvalue weighted by atomic mass is 16.5. The molecule has 2 rings (SSSR count). The Morgan fingerprint density at radius 1 is 1.06 bits per heavy atom. The average Bonchev–Trinajstić information content (AvgIpc) is 2.39. The van der Waals surface area contributed by atoms with E-state index in [9.17, 15) is 0 Å². The second kappa shape index (κ2) is 5.21. The molecule has 0 aliphatic carbocycles. The Labute approximate surface area is 101 Å². The van der Waals surface area contributed by atoms with Gasteiger partial charge in [-0.25, -0.2) is 0 Å². The van der Waals surface area contributed by atoms with Crippen LogP contribution in [0.2, 0.25) is 0 Å². The lowest BCUT2D eigenvalue weighted by atomic mass is 10.3. The van der Waals surface area contributed by atoms with Crippen LogP contribution >= 0.6 is 0 Å². The van der Waals surface area contributed by atoms with E-state index < -0.39 is 0 Å². The highest BCUT2D eigenvalue weighted by molar-refractivity contribution is 5.63. The number of rotatable bonds is 4. The molecular weight excluding hydrogens is 214 g/mol. The first-order valence-corrected chi connectivity index (χ1v) is 5.35. The van der Waals surface area contributed by atoms with Crippen LogP contribution in [0.1, 0.15) is 0 Å². The summed E-state index contributed by atoms with van der Waals surface area (Å²) >= 11 is 0. The predicted octanol–water partition coefficient (Wildman–Crippen LogP) is 2.88. The minimum atomic E-state index is 0.827. The van der Waals surface area contributed by atoms with Crippen LogP contribution in [0.4, 0.5) is 17.1 Å². The predicted molar refractivity (Wildman–Crippen MR) is 70.1 cm³/mol. The van der Waals surface area contributed by atoms with Gasteiger partial charge in [-0.3, -0.25) is 4.98 Å². The molecule has 2 aromatic rings. The van der Waals surface area contributed by atoms with Crippen molar-refractivity contribution in [3.8, 4) is 5.75 Å². The van der Waals surface area contributed by atoms with Crippen LogP contribution in [-0.4, -0.2) is 19.1 Å². The summed E-state index contributed by atoms with van der Waals surface area (Å²) in [7, 11) is 3.52. The Balaban J connectivity index is 2.18. The largest absolute Gasteiger partial charge is 0.497 e. The van der Waals surface area contributed by atoms with E-state index in [4.69, 9.17) is 4.74 Å². The lowest BCUT2D eigenvalue weighted by molar-refractivity contribution is 0.415. The number of nitrogens with zero attached hydrogens (tertiary/aromatic N) is 1. The molecule has 0 spiro atoms. The van der Waals surface area contributed by atoms with E-state index in [1.54, 1.807) is 19.5 Å². The molecule has 0 aliphatic heterocycles. The number of anilines is 3. The van der Waals surface area contributed by atoms with Gasteiger partial charge in [-0.1, -0.05) is 6.07 Å². The van der Waals surface area contributed by atoms with Gasteiger partial charge in [0.2, 0.25) is 0 Å². The highest BCUT2D eigenvalue weighted by Crippen LogP contribution is 2.22. The van der Waals surface area contributed by atoms with Crippen LogP contribution in [0.25, 0.3) is 0 Å². The third kappa shape index (κ3) is 2.87. The molecule has 17 heavy (non-hydrogen) atoms. The summed E-state index contributed by atoms with van der Waals surface area (Å²) in [6.45, 7) is 0. The van der Waals surface area contributed by atoms with Crippen molar-refractivity contribution in [1.29, 1.82) is 0 Å². The number of nitrogens with one attached hydrogen (secondary N) is 2. The molecule has 1 heterocycles. The molecule has 0 radical (unpaired) electrons. The van der Waals surface area contributed by atoms with Crippen LogP contribution in [0.15, 0.2) is 42.7 Å². The van der Waals surface area contributed by atoms with Crippen molar-refractivity contribution < 1.29 is 4.74 Å². The van der Waals surface area contributed by atoms with Crippen molar-refractivity contribution >= 4 is 17.1 Å². The molecular formula is C13H15N3O. The topological polar surface area (TPSA) is 46.2 Å². The minimum Gasteiger partial charge on any atom is -0.497 e. The van der Waals surface area contributed by atoms with Crippen molar-refractivity contribution in [2.45, 2.75) is 0 Å². The summed E-state index contributed by atoms with van der Waals surface area (Å²) in [5.74, 6) is 0.827. The Morgan fingerprint density at radius 3 is 2.65 bits per heavy atom. The van der Waals surface area contributed by atoms with Gasteiger partial charge in [-0.15, -0.1) is 0 Å². The fourth-order valence-corrected chi connectivity index (χ4v) is 1.51. The van der Waals surface area contributed by atoms with E-state index in [1.807, 2.05) is 37.4 Å². The van der Waals surface area contributed by atoms with E-state index in [1.165, 1.54) is 0 Å². The summed E-state index contributed by atoms with van der Waals surface area (Å²) < 4.78 is 5.17. The maximum Gasteiger partial charge on any atom is 0.120 e. The zero-order valence-electron chi connectivity index (χ0n) is 9.90. The molecule has 1 aromatic heterocycles. The molecule has 0 saturated carbocycles. The molecule has 1 aromatic carbocycles. The SMILES string of the molecule is CNc1cncc(Nc2cccc(OC)c2)c1. The van der Waals surface area contributed by atoms with Gasteiger partial charge in [0, 0.05) is 18.8 Å². The van der Waals surface area contributed by atoms with Crippen molar-refractivity contribution in [3.63, 3.8) is 0 Å². The highest BCUT2D eigenvalue weighted by Gasteiger charge is 1.98. The molecule has 4 nitrogen and oxygen atoms in total. The molecule has 2 N–H and O–H groups in total. The van der Waals surface area contributed by atoms with Crippen LogP contribution in [0.5, 0.6) is 5.75 Å². The summed E-state index contributed by atoms with van der Waals surface area (Å²) in [5, 5.41) is 6.32. The third-order valence-corrected chi connectivity index (χ3v) is 2.39. The Hall–Kier alpha value is -2.23. The number of methoxy groups -OCH3 is 1. The second-order valence-corrected chi connectivity index (χ2v) is 3.57. The first-order valence-electron chi connectivity index (χ1n) is 5.35. The van der Waals surface area contributed by atoms with Gasteiger partial charge in [0.05, 0.1) is 30.9 Å². The lowest BCUT2D eigenvalue weighted by Gasteiger charge is -2.08. The summed E-state index contributed by atoms with van der Waals surface area (Å²) in [5.41, 5.74) is 2.88.